The molecule has 0 fully saturated rings. The minimum absolute atomic E-state index is 0.0822. The topological polar surface area (TPSA) is 93.8 Å². The molecule has 0 atom stereocenters. The number of aromatic nitrogens is 2. The van der Waals surface area contributed by atoms with Gasteiger partial charge in [0.05, 0.1) is 7.11 Å². The summed E-state index contributed by atoms with van der Waals surface area (Å²) in [6, 6.07) is 14.6. The number of ketones is 1. The molecule has 0 amide bonds. The second-order valence-corrected chi connectivity index (χ2v) is 7.53. The molecular formula is C25H27N3O4. The smallest absolute Gasteiger partial charge is 0.341 e. The van der Waals surface area contributed by atoms with Crippen LogP contribution in [0.15, 0.2) is 59.7 Å². The van der Waals surface area contributed by atoms with E-state index in [9.17, 15) is 14.7 Å². The number of phenols is 1. The number of phenolic OH excluding ortho intramolecular Hbond substituents is 1. The van der Waals surface area contributed by atoms with Crippen molar-refractivity contribution in [3.63, 3.8) is 0 Å². The fourth-order valence-corrected chi connectivity index (χ4v) is 3.44. The second-order valence-electron chi connectivity index (χ2n) is 7.53. The van der Waals surface area contributed by atoms with E-state index >= 15 is 0 Å². The van der Waals surface area contributed by atoms with E-state index in [-0.39, 0.29) is 17.1 Å². The van der Waals surface area contributed by atoms with Gasteiger partial charge in [0.2, 0.25) is 0 Å². The van der Waals surface area contributed by atoms with Gasteiger partial charge in [-0.1, -0.05) is 30.3 Å². The Morgan fingerprint density at radius 1 is 1.09 bits per heavy atom. The SMILES string of the molecule is COC(=O)c1cccc(/N=C(\C)c2ccc(CCCCC(=O)c3ccnn3C)cc2)c1O. The van der Waals surface area contributed by atoms with Crippen molar-refractivity contribution in [1.82, 2.24) is 9.78 Å². The van der Waals surface area contributed by atoms with Gasteiger partial charge < -0.3 is 9.84 Å². The Labute approximate surface area is 187 Å². The number of nitrogens with zero attached hydrogens (tertiary/aromatic N) is 3. The Balaban J connectivity index is 1.58. The van der Waals surface area contributed by atoms with E-state index in [4.69, 9.17) is 0 Å². The first-order chi connectivity index (χ1) is 15.4. The molecule has 2 aromatic carbocycles. The summed E-state index contributed by atoms with van der Waals surface area (Å²) < 4.78 is 6.29. The number of methoxy groups -OCH3 is 1. The van der Waals surface area contributed by atoms with E-state index in [1.807, 2.05) is 31.2 Å². The fourth-order valence-electron chi connectivity index (χ4n) is 3.44. The first-order valence-electron chi connectivity index (χ1n) is 10.5. The molecule has 7 heteroatoms. The molecule has 3 rings (SSSR count). The Hall–Kier alpha value is -3.74. The van der Waals surface area contributed by atoms with Crippen LogP contribution in [0.3, 0.4) is 0 Å². The van der Waals surface area contributed by atoms with Gasteiger partial charge in [-0.2, -0.15) is 5.10 Å². The van der Waals surface area contributed by atoms with Crippen molar-refractivity contribution in [2.24, 2.45) is 12.0 Å². The number of hydrogen-bond acceptors (Lipinski definition) is 6. The molecular weight excluding hydrogens is 406 g/mol. The number of carbonyl (C=O) groups is 2. The van der Waals surface area contributed by atoms with Gasteiger partial charge in [0.15, 0.2) is 11.5 Å². The van der Waals surface area contributed by atoms with Crippen LogP contribution in [-0.2, 0) is 18.2 Å². The number of para-hydroxylation sites is 1. The number of carbonyl (C=O) groups excluding carboxylic acids is 2. The first kappa shape index (κ1) is 22.9. The van der Waals surface area contributed by atoms with Crippen LogP contribution in [0.5, 0.6) is 5.75 Å². The van der Waals surface area contributed by atoms with Gasteiger partial charge in [0.1, 0.15) is 16.9 Å². The summed E-state index contributed by atoms with van der Waals surface area (Å²) in [7, 11) is 3.04. The summed E-state index contributed by atoms with van der Waals surface area (Å²) in [6.07, 6.45) is 4.78. The molecule has 3 aromatic rings. The highest BCUT2D eigenvalue weighted by atomic mass is 16.5. The number of aromatic hydroxyl groups is 1. The van der Waals surface area contributed by atoms with Crippen molar-refractivity contribution >= 4 is 23.2 Å². The molecule has 0 aliphatic rings. The molecule has 0 spiro atoms. The summed E-state index contributed by atoms with van der Waals surface area (Å²) in [5.74, 6) is -0.689. The van der Waals surface area contributed by atoms with Gasteiger partial charge in [-0.25, -0.2) is 9.79 Å². The van der Waals surface area contributed by atoms with Crippen LogP contribution in [0.2, 0.25) is 0 Å². The molecule has 166 valence electrons. The van der Waals surface area contributed by atoms with Gasteiger partial charge in [-0.15, -0.1) is 0 Å². The summed E-state index contributed by atoms with van der Waals surface area (Å²) >= 11 is 0. The molecule has 1 heterocycles. The minimum Gasteiger partial charge on any atom is -0.505 e. The Bertz CT molecular complexity index is 1130. The van der Waals surface area contributed by atoms with Gasteiger partial charge in [-0.05, 0) is 55.5 Å². The molecule has 32 heavy (non-hydrogen) atoms. The number of esters is 1. The van der Waals surface area contributed by atoms with Crippen molar-refractivity contribution < 1.29 is 19.4 Å². The van der Waals surface area contributed by atoms with Crippen molar-refractivity contribution in [2.75, 3.05) is 7.11 Å². The van der Waals surface area contributed by atoms with Crippen LogP contribution < -0.4 is 0 Å². The van der Waals surface area contributed by atoms with Crippen LogP contribution in [-0.4, -0.2) is 39.5 Å². The van der Waals surface area contributed by atoms with Crippen molar-refractivity contribution in [3.8, 4) is 5.75 Å². The zero-order chi connectivity index (χ0) is 23.1. The number of rotatable bonds is 9. The van der Waals surface area contributed by atoms with Crippen LogP contribution in [0.1, 0.15) is 58.2 Å². The molecule has 7 nitrogen and oxygen atoms in total. The predicted molar refractivity (Wildman–Crippen MR) is 123 cm³/mol. The lowest BCUT2D eigenvalue weighted by atomic mass is 10.0. The van der Waals surface area contributed by atoms with Crippen LogP contribution in [0, 0.1) is 0 Å². The van der Waals surface area contributed by atoms with E-state index in [1.165, 1.54) is 18.7 Å². The number of benzene rings is 2. The number of aliphatic imine (C=N–C) groups is 1. The molecule has 0 aliphatic carbocycles. The number of Topliss-reactive ketones (excluding diaryl/α,β-unsaturated/α-hetero) is 1. The quantitative estimate of drug-likeness (QED) is 0.229. The van der Waals surface area contributed by atoms with E-state index < -0.39 is 5.97 Å². The van der Waals surface area contributed by atoms with Crippen molar-refractivity contribution in [3.05, 3.63) is 77.1 Å². The zero-order valence-electron chi connectivity index (χ0n) is 18.5. The summed E-state index contributed by atoms with van der Waals surface area (Å²) in [6.45, 7) is 1.85. The number of unbranched alkanes of at least 4 members (excludes halogenated alkanes) is 1. The van der Waals surface area contributed by atoms with Crippen LogP contribution >= 0.6 is 0 Å². The highest BCUT2D eigenvalue weighted by molar-refractivity contribution is 6.01. The number of hydrogen-bond donors (Lipinski definition) is 1. The maximum Gasteiger partial charge on any atom is 0.341 e. The number of ether oxygens (including phenoxy) is 1. The lowest BCUT2D eigenvalue weighted by Gasteiger charge is -2.07. The predicted octanol–water partition coefficient (Wildman–Crippen LogP) is 4.65. The van der Waals surface area contributed by atoms with Gasteiger partial charge in [-0.3, -0.25) is 9.48 Å². The maximum atomic E-state index is 12.2. The summed E-state index contributed by atoms with van der Waals surface area (Å²) in [5, 5.41) is 14.4. The van der Waals surface area contributed by atoms with Crippen LogP contribution in [0.25, 0.3) is 0 Å². The lowest BCUT2D eigenvalue weighted by molar-refractivity contribution is 0.0597. The fraction of sp³-hybridized carbons (Fsp3) is 0.280. The third-order valence-corrected chi connectivity index (χ3v) is 5.31. The average Bonchev–Trinajstić information content (AvgIpc) is 3.23. The van der Waals surface area contributed by atoms with E-state index in [0.29, 0.717) is 17.8 Å². The standard InChI is InChI=1S/C25H27N3O4/c1-17(27-21-9-6-8-20(24(21)30)25(31)32-3)19-13-11-18(12-14-19)7-4-5-10-23(29)22-15-16-26-28(22)2/h6,8-9,11-16,30H,4-5,7,10H2,1-3H3/b27-17+. The normalized spacial score (nSPS) is 11.4. The molecule has 1 N–H and O–H groups in total. The minimum atomic E-state index is -0.608. The highest BCUT2D eigenvalue weighted by Gasteiger charge is 2.14. The van der Waals surface area contributed by atoms with Crippen molar-refractivity contribution in [2.45, 2.75) is 32.6 Å². The third kappa shape index (κ3) is 5.49. The Morgan fingerprint density at radius 3 is 2.50 bits per heavy atom. The van der Waals surface area contributed by atoms with Gasteiger partial charge >= 0.3 is 5.97 Å². The van der Waals surface area contributed by atoms with E-state index in [1.54, 1.807) is 36.1 Å². The molecule has 0 saturated heterocycles. The van der Waals surface area contributed by atoms with Gasteiger partial charge in [0.25, 0.3) is 0 Å². The second kappa shape index (κ2) is 10.5. The lowest BCUT2D eigenvalue weighted by Crippen LogP contribution is -2.06. The van der Waals surface area contributed by atoms with E-state index in [0.717, 1.165) is 30.5 Å². The average molecular weight is 434 g/mol. The first-order valence-corrected chi connectivity index (χ1v) is 10.5. The van der Waals surface area contributed by atoms with E-state index in [2.05, 4.69) is 14.8 Å². The van der Waals surface area contributed by atoms with Crippen molar-refractivity contribution in [1.29, 1.82) is 0 Å². The number of aryl methyl sites for hydroxylation is 2. The Morgan fingerprint density at radius 2 is 1.84 bits per heavy atom. The third-order valence-electron chi connectivity index (χ3n) is 5.31. The Kier molecular flexibility index (Phi) is 7.54. The van der Waals surface area contributed by atoms with Gasteiger partial charge in [0, 0.05) is 25.4 Å². The summed E-state index contributed by atoms with van der Waals surface area (Å²) in [5.41, 5.74) is 3.86. The summed E-state index contributed by atoms with van der Waals surface area (Å²) in [4.78, 5) is 28.4. The molecule has 0 bridgehead atoms. The molecule has 0 unspecified atom stereocenters. The zero-order valence-corrected chi connectivity index (χ0v) is 18.5. The molecule has 0 aliphatic heterocycles. The molecule has 0 saturated carbocycles. The molecule has 0 radical (unpaired) electrons. The largest absolute Gasteiger partial charge is 0.505 e. The molecule has 1 aromatic heterocycles. The van der Waals surface area contributed by atoms with Crippen LogP contribution in [0.4, 0.5) is 5.69 Å². The monoisotopic (exact) mass is 433 g/mol. The highest BCUT2D eigenvalue weighted by Crippen LogP contribution is 2.31. The maximum absolute atomic E-state index is 12.2.